The number of nitrogen functional groups attached to an aromatic ring is 1. The van der Waals surface area contributed by atoms with Crippen LogP contribution in [0.4, 0.5) is 5.69 Å². The van der Waals surface area contributed by atoms with Crippen molar-refractivity contribution in [1.29, 1.82) is 0 Å². The molecule has 96 valence electrons. The number of hydrogen-bond donors (Lipinski definition) is 2. The van der Waals surface area contributed by atoms with Gasteiger partial charge in [-0.15, -0.1) is 0 Å². The molecule has 3 nitrogen and oxygen atoms in total. The fourth-order valence-electron chi connectivity index (χ4n) is 1.63. The summed E-state index contributed by atoms with van der Waals surface area (Å²) in [5, 5.41) is 3.43. The Bertz CT molecular complexity index is 323. The van der Waals surface area contributed by atoms with Gasteiger partial charge in [-0.05, 0) is 52.0 Å². The first-order chi connectivity index (χ1) is 8.11. The topological polar surface area (TPSA) is 41.3 Å². The van der Waals surface area contributed by atoms with Crippen molar-refractivity contribution in [3.8, 4) is 0 Å². The maximum atomic E-state index is 5.88. The summed E-state index contributed by atoms with van der Waals surface area (Å²) in [4.78, 5) is 2.36. The van der Waals surface area contributed by atoms with Crippen molar-refractivity contribution in [2.45, 2.75) is 32.9 Å². The van der Waals surface area contributed by atoms with Gasteiger partial charge in [0.2, 0.25) is 0 Å². The van der Waals surface area contributed by atoms with E-state index in [9.17, 15) is 0 Å². The normalized spacial score (nSPS) is 11.4. The van der Waals surface area contributed by atoms with Crippen LogP contribution in [0.25, 0.3) is 0 Å². The lowest BCUT2D eigenvalue weighted by atomic mass is 10.2. The Morgan fingerprint density at radius 1 is 1.29 bits per heavy atom. The van der Waals surface area contributed by atoms with E-state index in [4.69, 9.17) is 5.73 Å². The van der Waals surface area contributed by atoms with E-state index in [0.29, 0.717) is 6.04 Å². The number of benzene rings is 1. The molecule has 0 aliphatic rings. The van der Waals surface area contributed by atoms with Gasteiger partial charge in [0.25, 0.3) is 0 Å². The molecular weight excluding hydrogens is 210 g/mol. The first-order valence-corrected chi connectivity index (χ1v) is 6.35. The summed E-state index contributed by atoms with van der Waals surface area (Å²) in [6.45, 7) is 7.47. The number of nitrogens with two attached hydrogens (primary N) is 1. The predicted octanol–water partition coefficient (Wildman–Crippen LogP) is 2.09. The highest BCUT2D eigenvalue weighted by Crippen LogP contribution is 2.09. The third kappa shape index (κ3) is 5.20. The molecule has 0 unspecified atom stereocenters. The summed E-state index contributed by atoms with van der Waals surface area (Å²) in [6.07, 6.45) is 1.17. The van der Waals surface area contributed by atoms with Crippen LogP contribution < -0.4 is 11.1 Å². The van der Waals surface area contributed by atoms with Gasteiger partial charge in [0.05, 0.1) is 0 Å². The second-order valence-corrected chi connectivity index (χ2v) is 4.80. The van der Waals surface area contributed by atoms with Crippen LogP contribution in [0, 0.1) is 0 Å². The molecule has 3 heteroatoms. The highest BCUT2D eigenvalue weighted by atomic mass is 15.1. The molecule has 3 N–H and O–H groups in total. The number of anilines is 1. The van der Waals surface area contributed by atoms with Crippen LogP contribution in [-0.2, 0) is 6.54 Å². The van der Waals surface area contributed by atoms with Crippen molar-refractivity contribution in [1.82, 2.24) is 10.2 Å². The van der Waals surface area contributed by atoms with E-state index in [2.05, 4.69) is 37.2 Å². The number of hydrogen-bond acceptors (Lipinski definition) is 3. The fraction of sp³-hybridized carbons (Fsp3) is 0.571. The van der Waals surface area contributed by atoms with Crippen molar-refractivity contribution in [3.63, 3.8) is 0 Å². The van der Waals surface area contributed by atoms with Gasteiger partial charge < -0.3 is 16.0 Å². The lowest BCUT2D eigenvalue weighted by Crippen LogP contribution is -2.29. The Labute approximate surface area is 105 Å². The van der Waals surface area contributed by atoms with E-state index in [1.807, 2.05) is 18.2 Å². The SMILES string of the molecule is CC(C)N(C)CCCNCc1ccccc1N. The maximum Gasteiger partial charge on any atom is 0.0359 e. The zero-order valence-corrected chi connectivity index (χ0v) is 11.2. The molecule has 0 saturated carbocycles. The monoisotopic (exact) mass is 235 g/mol. The summed E-state index contributed by atoms with van der Waals surface area (Å²) < 4.78 is 0. The van der Waals surface area contributed by atoms with Crippen LogP contribution in [0.5, 0.6) is 0 Å². The Hall–Kier alpha value is -1.06. The lowest BCUT2D eigenvalue weighted by molar-refractivity contribution is 0.269. The molecule has 0 fully saturated rings. The van der Waals surface area contributed by atoms with Crippen LogP contribution in [-0.4, -0.2) is 31.1 Å². The maximum absolute atomic E-state index is 5.88. The molecule has 0 aliphatic heterocycles. The Balaban J connectivity index is 2.15. The third-order valence-electron chi connectivity index (χ3n) is 3.12. The van der Waals surface area contributed by atoms with Crippen molar-refractivity contribution >= 4 is 5.69 Å². The minimum atomic E-state index is 0.625. The molecule has 0 amide bonds. The molecule has 0 spiro atoms. The number of rotatable bonds is 7. The second-order valence-electron chi connectivity index (χ2n) is 4.80. The summed E-state index contributed by atoms with van der Waals surface area (Å²) in [5.41, 5.74) is 7.93. The Morgan fingerprint density at radius 3 is 2.65 bits per heavy atom. The van der Waals surface area contributed by atoms with Gasteiger partial charge in [-0.2, -0.15) is 0 Å². The van der Waals surface area contributed by atoms with Crippen LogP contribution in [0.1, 0.15) is 25.8 Å². The smallest absolute Gasteiger partial charge is 0.0359 e. The zero-order chi connectivity index (χ0) is 12.7. The largest absolute Gasteiger partial charge is 0.398 e. The van der Waals surface area contributed by atoms with E-state index in [-0.39, 0.29) is 0 Å². The summed E-state index contributed by atoms with van der Waals surface area (Å²) in [7, 11) is 2.17. The van der Waals surface area contributed by atoms with Gasteiger partial charge >= 0.3 is 0 Å². The average Bonchev–Trinajstić information content (AvgIpc) is 2.30. The van der Waals surface area contributed by atoms with Crippen LogP contribution in [0.2, 0.25) is 0 Å². The van der Waals surface area contributed by atoms with Gasteiger partial charge in [0.15, 0.2) is 0 Å². The quantitative estimate of drug-likeness (QED) is 0.561. The second kappa shape index (κ2) is 7.30. The molecule has 17 heavy (non-hydrogen) atoms. The molecule has 0 bridgehead atoms. The van der Waals surface area contributed by atoms with Gasteiger partial charge in [-0.25, -0.2) is 0 Å². The number of para-hydroxylation sites is 1. The number of nitrogens with zero attached hydrogens (tertiary/aromatic N) is 1. The molecule has 0 atom stereocenters. The molecule has 0 aromatic heterocycles. The molecule has 0 radical (unpaired) electrons. The summed E-state index contributed by atoms with van der Waals surface area (Å²) in [5.74, 6) is 0. The predicted molar refractivity (Wildman–Crippen MR) is 74.9 cm³/mol. The van der Waals surface area contributed by atoms with Gasteiger partial charge in [0.1, 0.15) is 0 Å². The summed E-state index contributed by atoms with van der Waals surface area (Å²) >= 11 is 0. The first kappa shape index (κ1) is 14.0. The molecule has 1 rings (SSSR count). The van der Waals surface area contributed by atoms with Gasteiger partial charge in [-0.3, -0.25) is 0 Å². The van der Waals surface area contributed by atoms with Crippen molar-refractivity contribution in [3.05, 3.63) is 29.8 Å². The standard InChI is InChI=1S/C14H25N3/c1-12(2)17(3)10-6-9-16-11-13-7-4-5-8-14(13)15/h4-5,7-8,12,16H,6,9-11,15H2,1-3H3. The Morgan fingerprint density at radius 2 is 2.00 bits per heavy atom. The summed E-state index contributed by atoms with van der Waals surface area (Å²) in [6, 6.07) is 8.64. The lowest BCUT2D eigenvalue weighted by Gasteiger charge is -2.20. The number of nitrogens with one attached hydrogen (secondary N) is 1. The average molecular weight is 235 g/mol. The van der Waals surface area contributed by atoms with Crippen LogP contribution in [0.3, 0.4) is 0 Å². The minimum absolute atomic E-state index is 0.625. The third-order valence-corrected chi connectivity index (χ3v) is 3.12. The first-order valence-electron chi connectivity index (χ1n) is 6.35. The fourth-order valence-corrected chi connectivity index (χ4v) is 1.63. The van der Waals surface area contributed by atoms with E-state index in [1.165, 1.54) is 12.0 Å². The zero-order valence-electron chi connectivity index (χ0n) is 11.2. The van der Waals surface area contributed by atoms with Crippen LogP contribution >= 0.6 is 0 Å². The highest BCUT2D eigenvalue weighted by Gasteiger charge is 2.02. The molecule has 0 aliphatic carbocycles. The van der Waals surface area contributed by atoms with Crippen molar-refractivity contribution in [2.75, 3.05) is 25.9 Å². The minimum Gasteiger partial charge on any atom is -0.398 e. The highest BCUT2D eigenvalue weighted by molar-refractivity contribution is 5.46. The van der Waals surface area contributed by atoms with Gasteiger partial charge in [-0.1, -0.05) is 18.2 Å². The molecule has 1 aromatic carbocycles. The van der Waals surface area contributed by atoms with E-state index < -0.39 is 0 Å². The van der Waals surface area contributed by atoms with Crippen molar-refractivity contribution in [2.24, 2.45) is 0 Å². The van der Waals surface area contributed by atoms with E-state index in [0.717, 1.165) is 25.3 Å². The molecular formula is C14H25N3. The van der Waals surface area contributed by atoms with E-state index >= 15 is 0 Å². The Kier molecular flexibility index (Phi) is 6.01. The van der Waals surface area contributed by atoms with E-state index in [1.54, 1.807) is 0 Å². The molecule has 0 saturated heterocycles. The van der Waals surface area contributed by atoms with Crippen LogP contribution in [0.15, 0.2) is 24.3 Å². The van der Waals surface area contributed by atoms with Crippen molar-refractivity contribution < 1.29 is 0 Å². The van der Waals surface area contributed by atoms with Gasteiger partial charge in [0, 0.05) is 18.3 Å². The molecule has 1 aromatic rings. The molecule has 0 heterocycles.